The second-order valence-electron chi connectivity index (χ2n) is 18.0. The molecule has 14 nitrogen and oxygen atoms in total. The number of aromatic nitrogens is 1. The summed E-state index contributed by atoms with van der Waals surface area (Å²) in [5, 5.41) is 10.3. The molecule has 3 aromatic carbocycles. The van der Waals surface area contributed by atoms with E-state index >= 15 is 4.79 Å². The van der Waals surface area contributed by atoms with Gasteiger partial charge in [-0.2, -0.15) is 0 Å². The number of amides is 4. The van der Waals surface area contributed by atoms with Crippen molar-refractivity contribution in [3.05, 3.63) is 108 Å². The van der Waals surface area contributed by atoms with Crippen molar-refractivity contribution >= 4 is 61.7 Å². The summed E-state index contributed by atoms with van der Waals surface area (Å²) in [5.41, 5.74) is -1.18. The van der Waals surface area contributed by atoms with Gasteiger partial charge in [0.05, 0.1) is 30.6 Å². The summed E-state index contributed by atoms with van der Waals surface area (Å²) in [5.74, 6) is -2.07. The van der Waals surface area contributed by atoms with Gasteiger partial charge in [0.15, 0.2) is 0 Å². The van der Waals surface area contributed by atoms with Gasteiger partial charge in [-0.1, -0.05) is 74.8 Å². The monoisotopic (exact) mass is 884 g/mol. The molecule has 1 aliphatic heterocycles. The molecule has 1 aromatic heterocycles. The average molecular weight is 885 g/mol. The number of ether oxygens (including phenoxy) is 2. The van der Waals surface area contributed by atoms with E-state index in [1.165, 1.54) is 24.3 Å². The normalized spacial score (nSPS) is 21.7. The van der Waals surface area contributed by atoms with Crippen molar-refractivity contribution in [2.75, 3.05) is 19.0 Å². The Kier molecular flexibility index (Phi) is 12.1. The predicted molar refractivity (Wildman–Crippen MR) is 237 cm³/mol. The number of pyridine rings is 1. The van der Waals surface area contributed by atoms with Gasteiger partial charge in [0.1, 0.15) is 29.5 Å². The van der Waals surface area contributed by atoms with Crippen molar-refractivity contribution < 1.29 is 37.1 Å². The van der Waals surface area contributed by atoms with Crippen molar-refractivity contribution in [3.8, 4) is 11.6 Å². The minimum Gasteiger partial charge on any atom is -0.494 e. The van der Waals surface area contributed by atoms with Crippen molar-refractivity contribution in [3.63, 3.8) is 0 Å². The molecule has 0 radical (unpaired) electrons. The first kappa shape index (κ1) is 44.4. The van der Waals surface area contributed by atoms with Crippen LogP contribution in [0.3, 0.4) is 0 Å². The number of likely N-dealkylation sites (tertiary alicyclic amines) is 1. The SMILES string of the molecule is C=C[C@@H]1C[C@]1(NC(=O)[C@@H]1C[C@@H](Oc2ncc(OC)c3ccc(Cl)cc23)CN1C(=O)C(Nc1cccc(C(=O)NC(C)(C)c2ccccc2)c1)C(C)(C)C)C(=O)NS(=O)(=O)C1CC1. The molecule has 3 fully saturated rings. The van der Waals surface area contributed by atoms with Crippen LogP contribution in [-0.2, 0) is 29.9 Å². The molecule has 1 unspecified atom stereocenters. The van der Waals surface area contributed by atoms with Crippen LogP contribution in [0.25, 0.3) is 10.8 Å². The van der Waals surface area contributed by atoms with Gasteiger partial charge in [0, 0.05) is 39.4 Å². The Bertz CT molecular complexity index is 2530. The Morgan fingerprint density at radius 3 is 2.35 bits per heavy atom. The standard InChI is InChI=1S/C46H53ClN6O8S/c1-8-28-24-46(28,43(57)52-62(58,59)33-18-19-33)51-40(55)36-23-32(61-41-35-22-30(47)17-20-34(35)37(60-7)25-48-41)26-53(36)42(56)38(44(2,3)4)49-31-16-12-13-27(21-31)39(54)50-45(5,6)29-14-10-9-11-15-29/h8-17,20-22,25,28,32-33,36,38,49H,1,18-19,23-24,26H2,2-7H3,(H,50,54)(H,51,55)(H,52,57)/t28-,32-,36+,38?,46-/m1/s1. The molecule has 3 aliphatic rings. The van der Waals surface area contributed by atoms with Gasteiger partial charge in [-0.25, -0.2) is 13.4 Å². The first-order valence-corrected chi connectivity index (χ1v) is 22.5. The molecule has 4 aromatic rings. The van der Waals surface area contributed by atoms with Crippen LogP contribution in [0.2, 0.25) is 5.02 Å². The zero-order valence-electron chi connectivity index (χ0n) is 35.7. The smallest absolute Gasteiger partial charge is 0.259 e. The Morgan fingerprint density at radius 1 is 0.984 bits per heavy atom. The number of hydrogen-bond donors (Lipinski definition) is 4. The number of carbonyl (C=O) groups is 4. The highest BCUT2D eigenvalue weighted by Crippen LogP contribution is 2.46. The van der Waals surface area contributed by atoms with E-state index in [0.29, 0.717) is 45.6 Å². The molecule has 328 valence electrons. The molecule has 7 rings (SSSR count). The number of fused-ring (bicyclic) bond motifs is 1. The van der Waals surface area contributed by atoms with E-state index in [4.69, 9.17) is 21.1 Å². The highest BCUT2D eigenvalue weighted by molar-refractivity contribution is 7.91. The van der Waals surface area contributed by atoms with E-state index in [0.717, 1.165) is 5.56 Å². The summed E-state index contributed by atoms with van der Waals surface area (Å²) in [6.45, 7) is 13.3. The number of nitrogens with zero attached hydrogens (tertiary/aromatic N) is 2. The molecular formula is C46H53ClN6O8S. The van der Waals surface area contributed by atoms with Crippen LogP contribution in [0.15, 0.2) is 91.6 Å². The van der Waals surface area contributed by atoms with Crippen LogP contribution >= 0.6 is 11.6 Å². The third-order valence-electron chi connectivity index (χ3n) is 11.8. The van der Waals surface area contributed by atoms with Crippen LogP contribution in [0.1, 0.15) is 76.2 Å². The summed E-state index contributed by atoms with van der Waals surface area (Å²) in [7, 11) is -2.40. The summed E-state index contributed by atoms with van der Waals surface area (Å²) in [6.07, 6.45) is 3.31. The lowest BCUT2D eigenvalue weighted by atomic mass is 9.85. The molecule has 0 spiro atoms. The van der Waals surface area contributed by atoms with Gasteiger partial charge in [-0.05, 0) is 80.5 Å². The lowest BCUT2D eigenvalue weighted by molar-refractivity contribution is -0.141. The average Bonchev–Trinajstić information content (AvgIpc) is 4.16. The molecule has 5 atom stereocenters. The Morgan fingerprint density at radius 2 is 1.71 bits per heavy atom. The van der Waals surface area contributed by atoms with Crippen LogP contribution in [-0.4, -0.2) is 84.6 Å². The van der Waals surface area contributed by atoms with Crippen molar-refractivity contribution in [1.82, 2.24) is 25.2 Å². The highest BCUT2D eigenvalue weighted by Gasteiger charge is 2.62. The number of hydrogen-bond acceptors (Lipinski definition) is 10. The molecular weight excluding hydrogens is 832 g/mol. The van der Waals surface area contributed by atoms with E-state index < -0.39 is 73.6 Å². The van der Waals surface area contributed by atoms with E-state index in [1.807, 2.05) is 65.0 Å². The number of benzene rings is 3. The molecule has 4 N–H and O–H groups in total. The third kappa shape index (κ3) is 9.24. The Balaban J connectivity index is 1.18. The summed E-state index contributed by atoms with van der Waals surface area (Å²) in [4.78, 5) is 62.8. The summed E-state index contributed by atoms with van der Waals surface area (Å²) < 4.78 is 39.9. The zero-order valence-corrected chi connectivity index (χ0v) is 37.2. The molecule has 2 saturated carbocycles. The van der Waals surface area contributed by atoms with Gasteiger partial charge in [0.2, 0.25) is 27.7 Å². The molecule has 1 saturated heterocycles. The minimum atomic E-state index is -3.93. The lowest BCUT2D eigenvalue weighted by Gasteiger charge is -2.36. The van der Waals surface area contributed by atoms with Crippen molar-refractivity contribution in [2.45, 2.75) is 94.8 Å². The molecule has 62 heavy (non-hydrogen) atoms. The van der Waals surface area contributed by atoms with Crippen LogP contribution in [0, 0.1) is 11.3 Å². The second kappa shape index (κ2) is 16.9. The van der Waals surface area contributed by atoms with Gasteiger partial charge in [-0.15, -0.1) is 6.58 Å². The van der Waals surface area contributed by atoms with E-state index in [1.54, 1.807) is 42.5 Å². The number of nitrogens with one attached hydrogen (secondary N) is 4. The Hall–Kier alpha value is -5.67. The third-order valence-corrected chi connectivity index (χ3v) is 13.9. The lowest BCUT2D eigenvalue weighted by Crippen LogP contribution is -2.58. The largest absolute Gasteiger partial charge is 0.494 e. The fourth-order valence-electron chi connectivity index (χ4n) is 7.99. The van der Waals surface area contributed by atoms with Crippen molar-refractivity contribution in [1.29, 1.82) is 0 Å². The second-order valence-corrected chi connectivity index (χ2v) is 20.4. The van der Waals surface area contributed by atoms with E-state index in [-0.39, 0.29) is 31.2 Å². The topological polar surface area (TPSA) is 185 Å². The van der Waals surface area contributed by atoms with Gasteiger partial charge in [0.25, 0.3) is 11.8 Å². The number of sulfonamides is 1. The summed E-state index contributed by atoms with van der Waals surface area (Å²) >= 11 is 6.40. The van der Waals surface area contributed by atoms with Crippen LogP contribution in [0.5, 0.6) is 11.6 Å². The maximum atomic E-state index is 15.0. The van der Waals surface area contributed by atoms with E-state index in [9.17, 15) is 22.8 Å². The first-order chi connectivity index (χ1) is 29.3. The predicted octanol–water partition coefficient (Wildman–Crippen LogP) is 6.11. The van der Waals surface area contributed by atoms with Gasteiger partial charge in [-0.3, -0.25) is 23.9 Å². The van der Waals surface area contributed by atoms with Crippen molar-refractivity contribution in [2.24, 2.45) is 11.3 Å². The fraction of sp³-hybridized carbons (Fsp3) is 0.413. The maximum Gasteiger partial charge on any atom is 0.259 e. The number of methoxy groups -OCH3 is 1. The highest BCUT2D eigenvalue weighted by atomic mass is 35.5. The summed E-state index contributed by atoms with van der Waals surface area (Å²) in [6, 6.07) is 19.6. The molecule has 16 heteroatoms. The van der Waals surface area contributed by atoms with Crippen LogP contribution < -0.4 is 30.1 Å². The minimum absolute atomic E-state index is 0.00783. The van der Waals surface area contributed by atoms with Gasteiger partial charge >= 0.3 is 0 Å². The first-order valence-electron chi connectivity index (χ1n) is 20.6. The molecule has 0 bridgehead atoms. The fourth-order valence-corrected chi connectivity index (χ4v) is 9.52. The molecule has 4 amide bonds. The number of halogens is 1. The van der Waals surface area contributed by atoms with E-state index in [2.05, 4.69) is 32.2 Å². The number of carbonyl (C=O) groups excluding carboxylic acids is 4. The maximum absolute atomic E-state index is 15.0. The molecule has 2 aliphatic carbocycles. The van der Waals surface area contributed by atoms with Gasteiger partial charge < -0.3 is 30.3 Å². The zero-order chi connectivity index (χ0) is 44.8. The van der Waals surface area contributed by atoms with Crippen LogP contribution in [0.4, 0.5) is 5.69 Å². The Labute approximate surface area is 367 Å². The molecule has 2 heterocycles. The number of rotatable bonds is 15. The number of anilines is 1. The quantitative estimate of drug-likeness (QED) is 0.102.